The van der Waals surface area contributed by atoms with Crippen molar-refractivity contribution < 1.29 is 13.2 Å². The van der Waals surface area contributed by atoms with Gasteiger partial charge >= 0.3 is 0 Å². The molecule has 1 aliphatic heterocycles. The zero-order valence-corrected chi connectivity index (χ0v) is 18.2. The van der Waals surface area contributed by atoms with Crippen LogP contribution in [0, 0.1) is 6.92 Å². The van der Waals surface area contributed by atoms with Crippen LogP contribution in [-0.4, -0.2) is 31.3 Å². The first kappa shape index (κ1) is 20.3. The zero-order chi connectivity index (χ0) is 21.3. The van der Waals surface area contributed by atoms with E-state index in [9.17, 15) is 13.2 Å². The molecule has 1 aromatic heterocycles. The molecule has 30 heavy (non-hydrogen) atoms. The smallest absolute Gasteiger partial charge is 0.275 e. The Bertz CT molecular complexity index is 1220. The lowest BCUT2D eigenvalue weighted by Crippen LogP contribution is -2.26. The number of carbonyl (C=O) groups is 1. The molecular weight excluding hydrogens is 418 g/mol. The van der Waals surface area contributed by atoms with Gasteiger partial charge in [-0.15, -0.1) is 0 Å². The molecule has 0 aliphatic carbocycles. The van der Waals surface area contributed by atoms with Gasteiger partial charge in [0.2, 0.25) is 10.0 Å². The number of hydrazone groups is 1. The van der Waals surface area contributed by atoms with E-state index in [1.54, 1.807) is 18.2 Å². The number of sulfonamides is 1. The number of hydrogen-bond acceptors (Lipinski definition) is 5. The molecule has 8 heteroatoms. The summed E-state index contributed by atoms with van der Waals surface area (Å²) in [4.78, 5) is 13.2. The summed E-state index contributed by atoms with van der Waals surface area (Å²) in [6, 6.07) is 16.6. The number of hydrogen-bond donors (Lipinski definition) is 1. The number of anilines is 1. The number of nitrogens with one attached hydrogen (secondary N) is 1. The summed E-state index contributed by atoms with van der Waals surface area (Å²) in [5.74, 6) is -0.175. The maximum absolute atomic E-state index is 13.2. The summed E-state index contributed by atoms with van der Waals surface area (Å²) in [6.45, 7) is 2.01. The number of rotatable bonds is 5. The fourth-order valence-corrected chi connectivity index (χ4v) is 4.75. The van der Waals surface area contributed by atoms with E-state index in [0.29, 0.717) is 28.9 Å². The lowest BCUT2D eigenvalue weighted by Gasteiger charge is -2.22. The maximum atomic E-state index is 13.2. The molecule has 1 amide bonds. The highest BCUT2D eigenvalue weighted by molar-refractivity contribution is 7.92. The molecule has 0 fully saturated rings. The Morgan fingerprint density at radius 1 is 1.17 bits per heavy atom. The van der Waals surface area contributed by atoms with Gasteiger partial charge in [-0.05, 0) is 30.0 Å². The van der Waals surface area contributed by atoms with E-state index in [2.05, 4.69) is 15.9 Å². The van der Waals surface area contributed by atoms with Crippen LogP contribution in [-0.2, 0) is 10.0 Å². The average molecular weight is 440 g/mol. The molecule has 2 heterocycles. The number of para-hydroxylation sites is 1. The van der Waals surface area contributed by atoms with E-state index in [4.69, 9.17) is 0 Å². The molecular formula is C22H21N3O3S2. The van der Waals surface area contributed by atoms with E-state index >= 15 is 0 Å². The number of thiophene rings is 1. The highest BCUT2D eigenvalue weighted by atomic mass is 32.2. The van der Waals surface area contributed by atoms with Crippen LogP contribution in [0.5, 0.6) is 0 Å². The molecule has 1 aliphatic rings. The van der Waals surface area contributed by atoms with Gasteiger partial charge in [-0.3, -0.25) is 9.52 Å². The minimum atomic E-state index is -3.45. The second-order valence-corrected chi connectivity index (χ2v) is 9.79. The monoisotopic (exact) mass is 439 g/mol. The van der Waals surface area contributed by atoms with E-state index in [0.717, 1.165) is 17.4 Å². The molecule has 0 unspecified atom stereocenters. The molecule has 1 atom stereocenters. The second-order valence-electron chi connectivity index (χ2n) is 7.26. The first-order chi connectivity index (χ1) is 14.3. The molecule has 0 radical (unpaired) electrons. The molecule has 0 bridgehead atoms. The predicted molar refractivity (Wildman–Crippen MR) is 120 cm³/mol. The van der Waals surface area contributed by atoms with Crippen molar-refractivity contribution in [3.63, 3.8) is 0 Å². The van der Waals surface area contributed by atoms with E-state index in [-0.39, 0.29) is 11.9 Å². The Morgan fingerprint density at radius 3 is 2.67 bits per heavy atom. The third-order valence-electron chi connectivity index (χ3n) is 4.85. The molecule has 4 rings (SSSR count). The van der Waals surface area contributed by atoms with Crippen molar-refractivity contribution in [3.05, 3.63) is 87.6 Å². The van der Waals surface area contributed by atoms with Crippen molar-refractivity contribution in [2.24, 2.45) is 5.10 Å². The molecule has 0 saturated heterocycles. The summed E-state index contributed by atoms with van der Waals surface area (Å²) in [6.07, 6.45) is 1.60. The van der Waals surface area contributed by atoms with E-state index in [1.807, 2.05) is 48.0 Å². The van der Waals surface area contributed by atoms with Crippen LogP contribution >= 0.6 is 11.3 Å². The highest BCUT2D eigenvalue weighted by Crippen LogP contribution is 2.36. The predicted octanol–water partition coefficient (Wildman–Crippen LogP) is 4.42. The zero-order valence-electron chi connectivity index (χ0n) is 16.6. The number of benzene rings is 2. The van der Waals surface area contributed by atoms with Crippen molar-refractivity contribution in [2.45, 2.75) is 19.4 Å². The van der Waals surface area contributed by atoms with Gasteiger partial charge in [-0.2, -0.15) is 16.4 Å². The molecule has 6 nitrogen and oxygen atoms in total. The van der Waals surface area contributed by atoms with E-state index < -0.39 is 10.0 Å². The van der Waals surface area contributed by atoms with Gasteiger partial charge in [0, 0.05) is 17.4 Å². The van der Waals surface area contributed by atoms with Crippen molar-refractivity contribution in [2.75, 3.05) is 11.0 Å². The SMILES string of the molecule is Cc1cccc([C@@H]2CC(c3ccccc3NS(C)(=O)=O)=NN2C(=O)c2ccsc2)c1. The average Bonchev–Trinajstić information content (AvgIpc) is 3.37. The van der Waals surface area contributed by atoms with Crippen LogP contribution in [0.4, 0.5) is 5.69 Å². The summed E-state index contributed by atoms with van der Waals surface area (Å²) in [7, 11) is -3.45. The maximum Gasteiger partial charge on any atom is 0.275 e. The summed E-state index contributed by atoms with van der Waals surface area (Å²) in [5.41, 5.74) is 4.46. The van der Waals surface area contributed by atoms with Crippen LogP contribution in [0.3, 0.4) is 0 Å². The fourth-order valence-electron chi connectivity index (χ4n) is 3.54. The lowest BCUT2D eigenvalue weighted by molar-refractivity contribution is 0.0711. The van der Waals surface area contributed by atoms with Crippen LogP contribution in [0.15, 0.2) is 70.5 Å². The van der Waals surface area contributed by atoms with Crippen molar-refractivity contribution in [1.82, 2.24) is 5.01 Å². The lowest BCUT2D eigenvalue weighted by atomic mass is 9.96. The second kappa shape index (κ2) is 8.04. The van der Waals surface area contributed by atoms with Gasteiger partial charge in [0.25, 0.3) is 5.91 Å². The minimum Gasteiger partial charge on any atom is -0.283 e. The van der Waals surface area contributed by atoms with Crippen LogP contribution < -0.4 is 4.72 Å². The Kier molecular flexibility index (Phi) is 5.44. The van der Waals surface area contributed by atoms with Crippen LogP contribution in [0.25, 0.3) is 0 Å². The third-order valence-corrected chi connectivity index (χ3v) is 6.12. The molecule has 2 aromatic carbocycles. The standard InChI is InChI=1S/C22H21N3O3S2/c1-15-6-5-7-16(12-15)21-13-20(23-25(21)22(26)17-10-11-29-14-17)18-8-3-4-9-19(18)24-30(2,27)28/h3-12,14,21,24H,13H2,1-2H3/t21-/m0/s1. The molecule has 0 saturated carbocycles. The van der Waals surface area contributed by atoms with Gasteiger partial charge < -0.3 is 0 Å². The molecule has 154 valence electrons. The van der Waals surface area contributed by atoms with Gasteiger partial charge in [0.1, 0.15) is 0 Å². The topological polar surface area (TPSA) is 78.8 Å². The number of carbonyl (C=O) groups excluding carboxylic acids is 1. The Balaban J connectivity index is 1.77. The first-order valence-corrected chi connectivity index (χ1v) is 12.2. The van der Waals surface area contributed by atoms with E-state index in [1.165, 1.54) is 16.3 Å². The summed E-state index contributed by atoms with van der Waals surface area (Å²) in [5, 5.41) is 9.85. The van der Waals surface area contributed by atoms with Crippen molar-refractivity contribution in [1.29, 1.82) is 0 Å². The largest absolute Gasteiger partial charge is 0.283 e. The normalized spacial score (nSPS) is 16.4. The van der Waals surface area contributed by atoms with Gasteiger partial charge in [0.05, 0.1) is 29.3 Å². The Morgan fingerprint density at radius 2 is 1.97 bits per heavy atom. The Labute approximate surface area is 179 Å². The third kappa shape index (κ3) is 4.29. The van der Waals surface area contributed by atoms with Gasteiger partial charge in [-0.1, -0.05) is 48.0 Å². The van der Waals surface area contributed by atoms with Crippen molar-refractivity contribution >= 4 is 38.7 Å². The van der Waals surface area contributed by atoms with Gasteiger partial charge in [0.15, 0.2) is 0 Å². The first-order valence-electron chi connectivity index (χ1n) is 9.39. The number of amides is 1. The molecule has 0 spiro atoms. The van der Waals surface area contributed by atoms with Crippen molar-refractivity contribution in [3.8, 4) is 0 Å². The Hall–Kier alpha value is -2.97. The quantitative estimate of drug-likeness (QED) is 0.639. The molecule has 1 N–H and O–H groups in total. The highest BCUT2D eigenvalue weighted by Gasteiger charge is 2.34. The summed E-state index contributed by atoms with van der Waals surface area (Å²) >= 11 is 1.46. The van der Waals surface area contributed by atoms with Gasteiger partial charge in [-0.25, -0.2) is 13.4 Å². The van der Waals surface area contributed by atoms with Crippen LogP contribution in [0.2, 0.25) is 0 Å². The summed E-state index contributed by atoms with van der Waals surface area (Å²) < 4.78 is 26.2. The number of aryl methyl sites for hydroxylation is 1. The number of nitrogens with zero attached hydrogens (tertiary/aromatic N) is 2. The minimum absolute atomic E-state index is 0.175. The molecule has 3 aromatic rings. The van der Waals surface area contributed by atoms with Crippen LogP contribution in [0.1, 0.15) is 39.5 Å². The fraction of sp³-hybridized carbons (Fsp3) is 0.182.